The summed E-state index contributed by atoms with van der Waals surface area (Å²) in [6.45, 7) is 3.98. The first-order valence-electron chi connectivity index (χ1n) is 6.34. The van der Waals surface area contributed by atoms with Gasteiger partial charge in [0, 0.05) is 16.1 Å². The monoisotopic (exact) mass is 339 g/mol. The van der Waals surface area contributed by atoms with Crippen molar-refractivity contribution in [2.75, 3.05) is 0 Å². The van der Waals surface area contributed by atoms with Crippen LogP contribution in [0.3, 0.4) is 0 Å². The van der Waals surface area contributed by atoms with Gasteiger partial charge in [-0.1, -0.05) is 45.3 Å². The van der Waals surface area contributed by atoms with Crippen molar-refractivity contribution in [1.29, 1.82) is 0 Å². The molecule has 106 valence electrons. The van der Waals surface area contributed by atoms with Crippen LogP contribution in [0, 0.1) is 25.5 Å². The Bertz CT molecular complexity index is 597. The van der Waals surface area contributed by atoms with Crippen LogP contribution < -0.4 is 5.73 Å². The second-order valence-corrected chi connectivity index (χ2v) is 6.01. The molecule has 0 saturated heterocycles. The largest absolute Gasteiger partial charge is 0.323 e. The van der Waals surface area contributed by atoms with Crippen LogP contribution in [0.1, 0.15) is 28.3 Å². The van der Waals surface area contributed by atoms with Crippen LogP contribution >= 0.6 is 15.9 Å². The Labute approximate surface area is 125 Å². The third-order valence-corrected chi connectivity index (χ3v) is 3.61. The Hall–Kier alpha value is -1.26. The minimum absolute atomic E-state index is 0.0626. The number of hydrogen-bond acceptors (Lipinski definition) is 1. The molecule has 0 fully saturated rings. The van der Waals surface area contributed by atoms with Crippen molar-refractivity contribution in [2.24, 2.45) is 5.73 Å². The summed E-state index contributed by atoms with van der Waals surface area (Å²) in [5.74, 6) is -1.23. The lowest BCUT2D eigenvalue weighted by Crippen LogP contribution is -2.17. The molecule has 1 unspecified atom stereocenters. The number of benzene rings is 2. The molecule has 4 heteroatoms. The minimum atomic E-state index is -0.704. The van der Waals surface area contributed by atoms with Gasteiger partial charge >= 0.3 is 0 Å². The topological polar surface area (TPSA) is 26.0 Å². The molecule has 0 amide bonds. The van der Waals surface area contributed by atoms with Crippen molar-refractivity contribution in [3.8, 4) is 0 Å². The summed E-state index contributed by atoms with van der Waals surface area (Å²) in [5, 5.41) is 0. The Morgan fingerprint density at radius 2 is 1.50 bits per heavy atom. The van der Waals surface area contributed by atoms with Gasteiger partial charge in [-0.15, -0.1) is 0 Å². The molecule has 2 N–H and O–H groups in total. The molecule has 0 aliphatic heterocycles. The smallest absolute Gasteiger partial charge is 0.132 e. The van der Waals surface area contributed by atoms with E-state index in [1.807, 2.05) is 26.0 Å². The Kier molecular flexibility index (Phi) is 4.55. The average Bonchev–Trinajstić information content (AvgIpc) is 2.25. The molecule has 0 spiro atoms. The van der Waals surface area contributed by atoms with Crippen molar-refractivity contribution in [3.63, 3.8) is 0 Å². The molecule has 0 aromatic heterocycles. The van der Waals surface area contributed by atoms with Gasteiger partial charge in [-0.05, 0) is 38.0 Å². The van der Waals surface area contributed by atoms with E-state index in [2.05, 4.69) is 22.0 Å². The van der Waals surface area contributed by atoms with E-state index in [-0.39, 0.29) is 5.56 Å². The summed E-state index contributed by atoms with van der Waals surface area (Å²) < 4.78 is 28.1. The molecular formula is C16H16BrF2N. The number of hydrogen-bond donors (Lipinski definition) is 1. The maximum Gasteiger partial charge on any atom is 0.132 e. The standard InChI is InChI=1S/C16H16BrF2N/c1-9-3-10(2)5-11(4-9)6-15(20)16-13(18)7-12(17)8-14(16)19/h3-5,7-8,15H,6,20H2,1-2H3. The lowest BCUT2D eigenvalue weighted by atomic mass is 9.96. The predicted octanol–water partition coefficient (Wildman–Crippen LogP) is 4.59. The maximum absolute atomic E-state index is 13.9. The molecule has 2 aromatic rings. The van der Waals surface area contributed by atoms with Gasteiger partial charge in [0.15, 0.2) is 0 Å². The molecule has 0 bridgehead atoms. The lowest BCUT2D eigenvalue weighted by Gasteiger charge is -2.15. The van der Waals surface area contributed by atoms with E-state index in [4.69, 9.17) is 5.73 Å². The summed E-state index contributed by atoms with van der Waals surface area (Å²) in [7, 11) is 0. The summed E-state index contributed by atoms with van der Waals surface area (Å²) in [4.78, 5) is 0. The molecule has 1 atom stereocenters. The molecule has 2 aromatic carbocycles. The van der Waals surface area contributed by atoms with Gasteiger partial charge < -0.3 is 5.73 Å². The third kappa shape index (κ3) is 3.44. The van der Waals surface area contributed by atoms with Gasteiger partial charge in [0.1, 0.15) is 11.6 Å². The zero-order chi connectivity index (χ0) is 14.9. The van der Waals surface area contributed by atoms with Crippen LogP contribution in [-0.4, -0.2) is 0 Å². The normalized spacial score (nSPS) is 12.5. The van der Waals surface area contributed by atoms with E-state index in [1.54, 1.807) is 0 Å². The summed E-state index contributed by atoms with van der Waals surface area (Å²) in [6, 6.07) is 7.79. The molecule has 0 aliphatic carbocycles. The van der Waals surface area contributed by atoms with Crippen molar-refractivity contribution >= 4 is 15.9 Å². The van der Waals surface area contributed by atoms with E-state index in [9.17, 15) is 8.78 Å². The van der Waals surface area contributed by atoms with Gasteiger partial charge in [-0.2, -0.15) is 0 Å². The molecule has 20 heavy (non-hydrogen) atoms. The highest BCUT2D eigenvalue weighted by molar-refractivity contribution is 9.10. The molecule has 0 saturated carbocycles. The van der Waals surface area contributed by atoms with Crippen LogP contribution in [0.2, 0.25) is 0 Å². The second-order valence-electron chi connectivity index (χ2n) is 5.09. The Morgan fingerprint density at radius 3 is 2.00 bits per heavy atom. The highest BCUT2D eigenvalue weighted by Crippen LogP contribution is 2.26. The fraction of sp³-hybridized carbons (Fsp3) is 0.250. The van der Waals surface area contributed by atoms with E-state index in [0.29, 0.717) is 10.9 Å². The minimum Gasteiger partial charge on any atom is -0.323 e. The van der Waals surface area contributed by atoms with E-state index < -0.39 is 17.7 Å². The Morgan fingerprint density at radius 1 is 1.00 bits per heavy atom. The number of halogens is 3. The molecular weight excluding hydrogens is 324 g/mol. The van der Waals surface area contributed by atoms with Crippen LogP contribution in [-0.2, 0) is 6.42 Å². The van der Waals surface area contributed by atoms with Crippen molar-refractivity contribution < 1.29 is 8.78 Å². The summed E-state index contributed by atoms with van der Waals surface area (Å²) in [6.07, 6.45) is 0.401. The quantitative estimate of drug-likeness (QED) is 0.869. The fourth-order valence-corrected chi connectivity index (χ4v) is 2.85. The van der Waals surface area contributed by atoms with E-state index in [1.165, 1.54) is 12.1 Å². The van der Waals surface area contributed by atoms with Crippen molar-refractivity contribution in [2.45, 2.75) is 26.3 Å². The van der Waals surface area contributed by atoms with Gasteiger partial charge in [0.05, 0.1) is 0 Å². The zero-order valence-corrected chi connectivity index (χ0v) is 13.0. The lowest BCUT2D eigenvalue weighted by molar-refractivity contribution is 0.523. The zero-order valence-electron chi connectivity index (χ0n) is 11.4. The molecule has 1 nitrogen and oxygen atoms in total. The van der Waals surface area contributed by atoms with Crippen LogP contribution in [0.15, 0.2) is 34.8 Å². The molecule has 0 aliphatic rings. The predicted molar refractivity (Wildman–Crippen MR) is 80.6 cm³/mol. The highest BCUT2D eigenvalue weighted by atomic mass is 79.9. The number of nitrogens with two attached hydrogens (primary N) is 1. The first-order valence-corrected chi connectivity index (χ1v) is 7.13. The maximum atomic E-state index is 13.9. The first-order chi connectivity index (χ1) is 9.36. The SMILES string of the molecule is Cc1cc(C)cc(CC(N)c2c(F)cc(Br)cc2F)c1. The summed E-state index contributed by atoms with van der Waals surface area (Å²) >= 11 is 3.06. The number of rotatable bonds is 3. The van der Waals surface area contributed by atoms with Crippen LogP contribution in [0.5, 0.6) is 0 Å². The molecule has 0 radical (unpaired) electrons. The van der Waals surface area contributed by atoms with E-state index >= 15 is 0 Å². The molecule has 2 rings (SSSR count). The van der Waals surface area contributed by atoms with Crippen LogP contribution in [0.4, 0.5) is 8.78 Å². The summed E-state index contributed by atoms with van der Waals surface area (Å²) in [5.41, 5.74) is 9.13. The highest BCUT2D eigenvalue weighted by Gasteiger charge is 2.18. The Balaban J connectivity index is 2.30. The number of aryl methyl sites for hydroxylation is 2. The van der Waals surface area contributed by atoms with Gasteiger partial charge in [0.25, 0.3) is 0 Å². The first kappa shape index (κ1) is 15.1. The second kappa shape index (κ2) is 6.02. The average molecular weight is 340 g/mol. The van der Waals surface area contributed by atoms with Crippen LogP contribution in [0.25, 0.3) is 0 Å². The van der Waals surface area contributed by atoms with Crippen molar-refractivity contribution in [3.05, 3.63) is 68.7 Å². The fourth-order valence-electron chi connectivity index (χ4n) is 2.45. The third-order valence-electron chi connectivity index (χ3n) is 3.15. The van der Waals surface area contributed by atoms with Crippen molar-refractivity contribution in [1.82, 2.24) is 0 Å². The van der Waals surface area contributed by atoms with Gasteiger partial charge in [0.2, 0.25) is 0 Å². The van der Waals surface area contributed by atoms with E-state index in [0.717, 1.165) is 16.7 Å². The van der Waals surface area contributed by atoms with Gasteiger partial charge in [-0.3, -0.25) is 0 Å². The van der Waals surface area contributed by atoms with Gasteiger partial charge in [-0.25, -0.2) is 8.78 Å². The molecule has 0 heterocycles.